The molecule has 1 aromatic carbocycles. The Hall–Kier alpha value is -0.347. The summed E-state index contributed by atoms with van der Waals surface area (Å²) in [6.07, 6.45) is 0. The van der Waals surface area contributed by atoms with E-state index < -0.39 is 13.5 Å². The van der Waals surface area contributed by atoms with Crippen LogP contribution in [0.15, 0.2) is 59.3 Å². The van der Waals surface area contributed by atoms with Crippen molar-refractivity contribution in [2.75, 3.05) is 0 Å². The van der Waals surface area contributed by atoms with Crippen LogP contribution in [0.3, 0.4) is 0 Å². The number of benzene rings is 1. The fourth-order valence-corrected chi connectivity index (χ4v) is 5.89. The molecular formula is C18H17Cl2NRuS2. The molecule has 0 N–H and O–H groups in total. The van der Waals surface area contributed by atoms with E-state index in [0.717, 1.165) is 19.6 Å². The Kier molecular flexibility index (Phi) is 7.21. The number of rotatable bonds is 7. The number of nitrogens with zero attached hydrogens (tertiary/aromatic N) is 1. The van der Waals surface area contributed by atoms with E-state index in [9.17, 15) is 0 Å². The van der Waals surface area contributed by atoms with Crippen molar-refractivity contribution in [2.24, 2.45) is 0 Å². The zero-order valence-corrected chi connectivity index (χ0v) is 17.7. The van der Waals surface area contributed by atoms with Gasteiger partial charge in [-0.05, 0) is 0 Å². The van der Waals surface area contributed by atoms with E-state index in [0.29, 0.717) is 0 Å². The molecule has 0 aliphatic heterocycles. The average molecular weight is 483 g/mol. The van der Waals surface area contributed by atoms with Crippen LogP contribution in [0, 0.1) is 0 Å². The fourth-order valence-electron chi connectivity index (χ4n) is 2.52. The van der Waals surface area contributed by atoms with Crippen molar-refractivity contribution in [2.45, 2.75) is 19.6 Å². The molecule has 0 aliphatic carbocycles. The van der Waals surface area contributed by atoms with Crippen molar-refractivity contribution in [1.82, 2.24) is 4.90 Å². The van der Waals surface area contributed by atoms with Crippen LogP contribution in [0.5, 0.6) is 0 Å². The first-order valence-electron chi connectivity index (χ1n) is 7.39. The van der Waals surface area contributed by atoms with Crippen LogP contribution < -0.4 is 0 Å². The molecular weight excluding hydrogens is 466 g/mol. The second-order valence-electron chi connectivity index (χ2n) is 5.31. The molecule has 0 aliphatic rings. The Balaban J connectivity index is 1.82. The normalized spacial score (nSPS) is 11.7. The monoisotopic (exact) mass is 483 g/mol. The summed E-state index contributed by atoms with van der Waals surface area (Å²) in [7, 11) is 12.2. The zero-order chi connectivity index (χ0) is 16.8. The summed E-state index contributed by atoms with van der Waals surface area (Å²) in [6, 6.07) is 17.0. The third-order valence-corrected chi connectivity index (χ3v) is 7.11. The van der Waals surface area contributed by atoms with Gasteiger partial charge in [0.15, 0.2) is 0 Å². The van der Waals surface area contributed by atoms with E-state index in [1.54, 1.807) is 0 Å². The van der Waals surface area contributed by atoms with Gasteiger partial charge in [0, 0.05) is 0 Å². The minimum absolute atomic E-state index is 0.887. The van der Waals surface area contributed by atoms with Crippen molar-refractivity contribution < 1.29 is 13.5 Å². The van der Waals surface area contributed by atoms with E-state index in [-0.39, 0.29) is 0 Å². The van der Waals surface area contributed by atoms with E-state index >= 15 is 0 Å². The summed E-state index contributed by atoms with van der Waals surface area (Å²) in [5, 5.41) is 4.27. The molecule has 0 saturated carbocycles. The standard InChI is InChI=1S/C18H17NS2.2ClH.Ru/c1-15-6-2-3-7-16(15)12-19(13-17-8-4-10-20-17)14-18-9-5-11-21-18;;;/h1-11H,12-14H2;2*1H;/q;;;+2/p-2. The van der Waals surface area contributed by atoms with Crippen LogP contribution in [-0.2, 0) is 33.2 Å². The van der Waals surface area contributed by atoms with Crippen LogP contribution >= 0.6 is 42.1 Å². The molecule has 2 heterocycles. The first kappa shape index (κ1) is 18.4. The Labute approximate surface area is 164 Å². The molecule has 0 fully saturated rings. The van der Waals surface area contributed by atoms with Gasteiger partial charge in [-0.2, -0.15) is 0 Å². The third-order valence-electron chi connectivity index (χ3n) is 3.56. The SMILES string of the molecule is [Cl][Ru]([Cl])=[CH]c1ccccc1CN(Cc1cccs1)Cc1cccs1. The predicted octanol–water partition coefficient (Wildman–Crippen LogP) is 6.09. The summed E-state index contributed by atoms with van der Waals surface area (Å²) < 4.78 is 2.04. The molecule has 0 radical (unpaired) electrons. The average Bonchev–Trinajstić information content (AvgIpc) is 3.22. The Morgan fingerprint density at radius 1 is 0.833 bits per heavy atom. The Morgan fingerprint density at radius 2 is 1.46 bits per heavy atom. The molecule has 0 saturated heterocycles. The van der Waals surface area contributed by atoms with Gasteiger partial charge in [0.2, 0.25) is 0 Å². The maximum absolute atomic E-state index is 6.09. The molecule has 3 rings (SSSR count). The maximum atomic E-state index is 6.09. The summed E-state index contributed by atoms with van der Waals surface area (Å²) in [4.78, 5) is 5.25. The molecule has 128 valence electrons. The van der Waals surface area contributed by atoms with Crippen LogP contribution in [0.4, 0.5) is 0 Å². The van der Waals surface area contributed by atoms with Crippen LogP contribution in [0.1, 0.15) is 20.9 Å². The Morgan fingerprint density at radius 3 is 2.00 bits per heavy atom. The summed E-state index contributed by atoms with van der Waals surface area (Å²) in [5.41, 5.74) is 2.45. The zero-order valence-electron chi connectivity index (χ0n) is 12.8. The topological polar surface area (TPSA) is 3.24 Å². The van der Waals surface area contributed by atoms with Crippen molar-refractivity contribution in [3.05, 3.63) is 80.2 Å². The van der Waals surface area contributed by atoms with Gasteiger partial charge in [-0.1, -0.05) is 0 Å². The number of halogens is 2. The van der Waals surface area contributed by atoms with E-state index in [1.165, 1.54) is 20.9 Å². The van der Waals surface area contributed by atoms with Gasteiger partial charge >= 0.3 is 165 Å². The first-order chi connectivity index (χ1) is 11.7. The van der Waals surface area contributed by atoms with Crippen molar-refractivity contribution in [3.63, 3.8) is 0 Å². The molecule has 0 spiro atoms. The van der Waals surface area contributed by atoms with Gasteiger partial charge in [-0.3, -0.25) is 0 Å². The first-order valence-corrected chi connectivity index (χ1v) is 14.6. The summed E-state index contributed by atoms with van der Waals surface area (Å²) in [5.74, 6) is 0. The molecule has 3 aromatic rings. The molecule has 0 bridgehead atoms. The summed E-state index contributed by atoms with van der Waals surface area (Å²) >= 11 is 1.79. The second kappa shape index (κ2) is 9.38. The molecule has 1 nitrogen and oxygen atoms in total. The van der Waals surface area contributed by atoms with Crippen LogP contribution in [0.25, 0.3) is 0 Å². The number of thiophene rings is 2. The van der Waals surface area contributed by atoms with Crippen LogP contribution in [-0.4, -0.2) is 9.51 Å². The minimum atomic E-state index is -1.82. The van der Waals surface area contributed by atoms with Crippen LogP contribution in [0.2, 0.25) is 0 Å². The molecule has 2 aromatic heterocycles. The third kappa shape index (κ3) is 5.59. The van der Waals surface area contributed by atoms with Crippen molar-refractivity contribution in [3.8, 4) is 0 Å². The summed E-state index contributed by atoms with van der Waals surface area (Å²) in [6.45, 7) is 2.79. The van der Waals surface area contributed by atoms with Gasteiger partial charge in [0.1, 0.15) is 0 Å². The van der Waals surface area contributed by atoms with Gasteiger partial charge in [-0.15, -0.1) is 0 Å². The Bertz CT molecular complexity index is 745. The van der Waals surface area contributed by atoms with Gasteiger partial charge in [0.25, 0.3) is 0 Å². The molecule has 0 atom stereocenters. The second-order valence-corrected chi connectivity index (χ2v) is 13.1. The van der Waals surface area contributed by atoms with Gasteiger partial charge in [-0.25, -0.2) is 0 Å². The molecule has 0 unspecified atom stereocenters. The van der Waals surface area contributed by atoms with Gasteiger partial charge < -0.3 is 0 Å². The van der Waals surface area contributed by atoms with E-state index in [1.807, 2.05) is 33.3 Å². The van der Waals surface area contributed by atoms with Gasteiger partial charge in [0.05, 0.1) is 0 Å². The van der Waals surface area contributed by atoms with E-state index in [2.05, 4.69) is 58.1 Å². The van der Waals surface area contributed by atoms with Crippen molar-refractivity contribution in [1.29, 1.82) is 0 Å². The van der Waals surface area contributed by atoms with E-state index in [4.69, 9.17) is 19.4 Å². The molecule has 24 heavy (non-hydrogen) atoms. The number of hydrogen-bond donors (Lipinski definition) is 0. The molecule has 6 heteroatoms. The molecule has 0 amide bonds. The van der Waals surface area contributed by atoms with Crippen molar-refractivity contribution >= 4 is 46.7 Å². The fraction of sp³-hybridized carbons (Fsp3) is 0.167. The number of hydrogen-bond acceptors (Lipinski definition) is 3. The predicted molar refractivity (Wildman–Crippen MR) is 105 cm³/mol. The quantitative estimate of drug-likeness (QED) is 0.368.